The second-order valence-electron chi connectivity index (χ2n) is 4.03. The van der Waals surface area contributed by atoms with Crippen LogP contribution in [0.25, 0.3) is 0 Å². The lowest BCUT2D eigenvalue weighted by atomic mass is 10.1. The topological polar surface area (TPSA) is 32.3 Å². The molecular formula is C12H16N2O. The maximum absolute atomic E-state index is 11.7. The largest absolute Gasteiger partial charge is 0.338 e. The summed E-state index contributed by atoms with van der Waals surface area (Å²) in [5, 5.41) is 2.86. The predicted octanol–water partition coefficient (Wildman–Crippen LogP) is 2.22. The van der Waals surface area contributed by atoms with Crippen molar-refractivity contribution in [2.24, 2.45) is 0 Å². The van der Waals surface area contributed by atoms with Gasteiger partial charge in [0.25, 0.3) is 0 Å². The van der Waals surface area contributed by atoms with Crippen molar-refractivity contribution >= 4 is 11.7 Å². The molecule has 1 fully saturated rings. The van der Waals surface area contributed by atoms with Crippen molar-refractivity contribution in [1.82, 2.24) is 5.32 Å². The highest BCUT2D eigenvalue weighted by atomic mass is 16.2. The highest BCUT2D eigenvalue weighted by molar-refractivity contribution is 5.93. The maximum Gasteiger partial charge on any atom is 0.321 e. The van der Waals surface area contributed by atoms with Crippen molar-refractivity contribution in [3.05, 3.63) is 29.3 Å². The molecule has 2 rings (SSSR count). The van der Waals surface area contributed by atoms with Crippen LogP contribution < -0.4 is 10.2 Å². The standard InChI is InChI=1S/C12H16N2O/c1-9-4-5-10(2)11(8-9)14-7-3-6-13-12(14)15/h4-5,8H,3,6-7H2,1-2H3,(H,13,15). The van der Waals surface area contributed by atoms with Crippen LogP contribution in [0, 0.1) is 13.8 Å². The minimum Gasteiger partial charge on any atom is -0.338 e. The first-order valence-electron chi connectivity index (χ1n) is 5.31. The number of rotatable bonds is 1. The third-order valence-corrected chi connectivity index (χ3v) is 2.74. The first kappa shape index (κ1) is 10.0. The van der Waals surface area contributed by atoms with Crippen molar-refractivity contribution in [3.63, 3.8) is 0 Å². The first-order valence-corrected chi connectivity index (χ1v) is 5.31. The molecule has 0 unspecified atom stereocenters. The number of amides is 2. The molecule has 0 bridgehead atoms. The Morgan fingerprint density at radius 2 is 2.13 bits per heavy atom. The zero-order chi connectivity index (χ0) is 10.8. The summed E-state index contributed by atoms with van der Waals surface area (Å²) in [6.07, 6.45) is 1.01. The third-order valence-electron chi connectivity index (χ3n) is 2.74. The maximum atomic E-state index is 11.7. The van der Waals surface area contributed by atoms with Crippen LogP contribution in [0.1, 0.15) is 17.5 Å². The van der Waals surface area contributed by atoms with Gasteiger partial charge in [0.05, 0.1) is 0 Å². The summed E-state index contributed by atoms with van der Waals surface area (Å²) in [6.45, 7) is 5.69. The van der Waals surface area contributed by atoms with Gasteiger partial charge in [-0.05, 0) is 37.5 Å². The van der Waals surface area contributed by atoms with Crippen molar-refractivity contribution in [2.75, 3.05) is 18.0 Å². The number of carbonyl (C=O) groups excluding carboxylic acids is 1. The lowest BCUT2D eigenvalue weighted by Gasteiger charge is -2.29. The molecule has 0 radical (unpaired) electrons. The van der Waals surface area contributed by atoms with E-state index in [1.165, 1.54) is 5.56 Å². The minimum absolute atomic E-state index is 0.0231. The monoisotopic (exact) mass is 204 g/mol. The molecule has 1 aliphatic heterocycles. The van der Waals surface area contributed by atoms with Gasteiger partial charge >= 0.3 is 6.03 Å². The molecule has 0 aromatic heterocycles. The van der Waals surface area contributed by atoms with Crippen LogP contribution in [0.4, 0.5) is 10.5 Å². The Labute approximate surface area is 90.1 Å². The van der Waals surface area contributed by atoms with Gasteiger partial charge in [-0.15, -0.1) is 0 Å². The van der Waals surface area contributed by atoms with E-state index in [1.807, 2.05) is 18.7 Å². The van der Waals surface area contributed by atoms with Gasteiger partial charge in [0.15, 0.2) is 0 Å². The van der Waals surface area contributed by atoms with Gasteiger partial charge in [0.1, 0.15) is 0 Å². The zero-order valence-electron chi connectivity index (χ0n) is 9.21. The van der Waals surface area contributed by atoms with Crippen LogP contribution in [0.5, 0.6) is 0 Å². The normalized spacial score (nSPS) is 16.4. The molecule has 80 valence electrons. The average molecular weight is 204 g/mol. The van der Waals surface area contributed by atoms with Crippen LogP contribution in [0.15, 0.2) is 18.2 Å². The molecule has 2 amide bonds. The Morgan fingerprint density at radius 3 is 2.87 bits per heavy atom. The minimum atomic E-state index is 0.0231. The summed E-state index contributed by atoms with van der Waals surface area (Å²) in [5.74, 6) is 0. The molecule has 1 aliphatic rings. The van der Waals surface area contributed by atoms with E-state index in [1.54, 1.807) is 0 Å². The molecule has 0 atom stereocenters. The van der Waals surface area contributed by atoms with Gasteiger partial charge in [-0.3, -0.25) is 4.90 Å². The van der Waals surface area contributed by atoms with E-state index in [4.69, 9.17) is 0 Å². The zero-order valence-corrected chi connectivity index (χ0v) is 9.21. The number of benzene rings is 1. The molecule has 0 aliphatic carbocycles. The predicted molar refractivity (Wildman–Crippen MR) is 61.3 cm³/mol. The summed E-state index contributed by atoms with van der Waals surface area (Å²) in [5.41, 5.74) is 3.37. The van der Waals surface area contributed by atoms with E-state index >= 15 is 0 Å². The number of anilines is 1. The third kappa shape index (κ3) is 1.96. The summed E-state index contributed by atoms with van der Waals surface area (Å²) < 4.78 is 0. The van der Waals surface area contributed by atoms with Crippen LogP contribution in [-0.2, 0) is 0 Å². The number of nitrogens with one attached hydrogen (secondary N) is 1. The quantitative estimate of drug-likeness (QED) is 0.747. The molecule has 0 spiro atoms. The lowest BCUT2D eigenvalue weighted by molar-refractivity contribution is 0.243. The smallest absolute Gasteiger partial charge is 0.321 e. The second kappa shape index (κ2) is 3.93. The summed E-state index contributed by atoms with van der Waals surface area (Å²) in [7, 11) is 0. The molecule has 1 saturated heterocycles. The fourth-order valence-corrected chi connectivity index (χ4v) is 1.87. The van der Waals surface area contributed by atoms with E-state index in [2.05, 4.69) is 23.5 Å². The van der Waals surface area contributed by atoms with E-state index < -0.39 is 0 Å². The molecule has 3 nitrogen and oxygen atoms in total. The molecule has 1 aromatic carbocycles. The molecule has 1 aromatic rings. The van der Waals surface area contributed by atoms with Gasteiger partial charge in [-0.2, -0.15) is 0 Å². The molecule has 0 saturated carbocycles. The Bertz CT molecular complexity index is 387. The summed E-state index contributed by atoms with van der Waals surface area (Å²) >= 11 is 0. The van der Waals surface area contributed by atoms with E-state index in [0.717, 1.165) is 30.8 Å². The van der Waals surface area contributed by atoms with Gasteiger partial charge in [-0.1, -0.05) is 12.1 Å². The Kier molecular flexibility index (Phi) is 2.62. The average Bonchev–Trinajstić information content (AvgIpc) is 2.23. The number of urea groups is 1. The van der Waals surface area contributed by atoms with Gasteiger partial charge in [-0.25, -0.2) is 4.79 Å². The summed E-state index contributed by atoms with van der Waals surface area (Å²) in [4.78, 5) is 13.5. The first-order chi connectivity index (χ1) is 7.18. The van der Waals surface area contributed by atoms with E-state index in [9.17, 15) is 4.79 Å². The number of aryl methyl sites for hydroxylation is 2. The van der Waals surface area contributed by atoms with Gasteiger partial charge in [0.2, 0.25) is 0 Å². The van der Waals surface area contributed by atoms with Crippen molar-refractivity contribution in [3.8, 4) is 0 Å². The number of hydrogen-bond acceptors (Lipinski definition) is 1. The Balaban J connectivity index is 2.34. The summed E-state index contributed by atoms with van der Waals surface area (Å²) in [6, 6.07) is 6.22. The Morgan fingerprint density at radius 1 is 1.33 bits per heavy atom. The highest BCUT2D eigenvalue weighted by Gasteiger charge is 2.20. The molecule has 1 heterocycles. The number of carbonyl (C=O) groups is 1. The fraction of sp³-hybridized carbons (Fsp3) is 0.417. The molecule has 15 heavy (non-hydrogen) atoms. The van der Waals surface area contributed by atoms with Crippen molar-refractivity contribution in [1.29, 1.82) is 0 Å². The lowest BCUT2D eigenvalue weighted by Crippen LogP contribution is -2.46. The molecular weight excluding hydrogens is 188 g/mol. The fourth-order valence-electron chi connectivity index (χ4n) is 1.87. The molecule has 1 N–H and O–H groups in total. The van der Waals surface area contributed by atoms with Crippen LogP contribution in [-0.4, -0.2) is 19.1 Å². The van der Waals surface area contributed by atoms with Crippen molar-refractivity contribution < 1.29 is 4.79 Å². The number of nitrogens with zero attached hydrogens (tertiary/aromatic N) is 1. The molecule has 3 heteroatoms. The Hall–Kier alpha value is -1.51. The SMILES string of the molecule is Cc1ccc(C)c(N2CCCNC2=O)c1. The van der Waals surface area contributed by atoms with Gasteiger partial charge < -0.3 is 5.32 Å². The second-order valence-corrected chi connectivity index (χ2v) is 4.03. The van der Waals surface area contributed by atoms with Crippen LogP contribution in [0.2, 0.25) is 0 Å². The highest BCUT2D eigenvalue weighted by Crippen LogP contribution is 2.22. The van der Waals surface area contributed by atoms with E-state index in [-0.39, 0.29) is 6.03 Å². The van der Waals surface area contributed by atoms with Crippen molar-refractivity contribution in [2.45, 2.75) is 20.3 Å². The van der Waals surface area contributed by atoms with Crippen LogP contribution >= 0.6 is 0 Å². The van der Waals surface area contributed by atoms with Gasteiger partial charge in [0, 0.05) is 18.8 Å². The number of hydrogen-bond donors (Lipinski definition) is 1. The van der Waals surface area contributed by atoms with E-state index in [0.29, 0.717) is 0 Å². The van der Waals surface area contributed by atoms with Crippen LogP contribution in [0.3, 0.4) is 0 Å².